The molecule has 0 fully saturated rings. The van der Waals surface area contributed by atoms with Gasteiger partial charge in [-0.2, -0.15) is 0 Å². The van der Waals surface area contributed by atoms with Crippen LogP contribution in [-0.4, -0.2) is 23.2 Å². The summed E-state index contributed by atoms with van der Waals surface area (Å²) in [5.41, 5.74) is -0.217. The van der Waals surface area contributed by atoms with E-state index in [1.165, 1.54) is 6.26 Å². The van der Waals surface area contributed by atoms with Gasteiger partial charge in [0.2, 0.25) is 0 Å². The third-order valence-corrected chi connectivity index (χ3v) is 3.98. The van der Waals surface area contributed by atoms with E-state index in [4.69, 9.17) is 9.15 Å². The zero-order valence-corrected chi connectivity index (χ0v) is 13.5. The highest BCUT2D eigenvalue weighted by Gasteiger charge is 2.24. The van der Waals surface area contributed by atoms with Crippen LogP contribution < -0.4 is 10.1 Å². The highest BCUT2D eigenvalue weighted by molar-refractivity contribution is 5.92. The largest absolute Gasteiger partial charge is 0.489 e. The number of aliphatic hydroxyl groups is 1. The second-order valence-corrected chi connectivity index (χ2v) is 5.49. The number of nitrogens with one attached hydrogen (secondary N) is 1. The van der Waals surface area contributed by atoms with E-state index in [0.29, 0.717) is 18.4 Å². The maximum absolute atomic E-state index is 12.2. The lowest BCUT2D eigenvalue weighted by atomic mass is 9.97. The molecule has 0 aliphatic carbocycles. The number of furan rings is 1. The SMILES string of the molecule is CCC(O)(CC)CNC(=O)c1occc1COc1ccccc1. The van der Waals surface area contributed by atoms with E-state index in [-0.39, 0.29) is 24.8 Å². The first-order chi connectivity index (χ1) is 11.1. The fourth-order valence-corrected chi connectivity index (χ4v) is 2.15. The van der Waals surface area contributed by atoms with Crippen LogP contribution in [0.1, 0.15) is 42.8 Å². The van der Waals surface area contributed by atoms with E-state index in [2.05, 4.69) is 5.32 Å². The van der Waals surface area contributed by atoms with Crippen molar-refractivity contribution >= 4 is 5.91 Å². The number of ether oxygens (including phenoxy) is 1. The molecule has 124 valence electrons. The van der Waals surface area contributed by atoms with Crippen LogP contribution in [0.25, 0.3) is 0 Å². The fourth-order valence-electron chi connectivity index (χ4n) is 2.15. The van der Waals surface area contributed by atoms with E-state index in [1.54, 1.807) is 6.07 Å². The molecule has 5 heteroatoms. The van der Waals surface area contributed by atoms with Crippen LogP contribution in [0.2, 0.25) is 0 Å². The molecule has 0 bridgehead atoms. The Morgan fingerprint density at radius 3 is 2.57 bits per heavy atom. The number of hydrogen-bond acceptors (Lipinski definition) is 4. The van der Waals surface area contributed by atoms with Crippen molar-refractivity contribution in [2.75, 3.05) is 6.54 Å². The molecule has 23 heavy (non-hydrogen) atoms. The second-order valence-electron chi connectivity index (χ2n) is 5.49. The number of benzene rings is 1. The van der Waals surface area contributed by atoms with Crippen molar-refractivity contribution in [3.8, 4) is 5.75 Å². The molecule has 0 saturated heterocycles. The zero-order chi connectivity index (χ0) is 16.7. The summed E-state index contributed by atoms with van der Waals surface area (Å²) in [6, 6.07) is 11.1. The van der Waals surface area contributed by atoms with Gasteiger partial charge < -0.3 is 19.6 Å². The molecule has 2 aromatic rings. The average Bonchev–Trinajstić information content (AvgIpc) is 3.07. The molecular weight excluding hydrogens is 294 g/mol. The maximum atomic E-state index is 12.2. The van der Waals surface area contributed by atoms with Crippen molar-refractivity contribution in [2.45, 2.75) is 38.9 Å². The van der Waals surface area contributed by atoms with Crippen LogP contribution >= 0.6 is 0 Å². The van der Waals surface area contributed by atoms with Crippen molar-refractivity contribution < 1.29 is 19.1 Å². The minimum absolute atomic E-state index is 0.193. The van der Waals surface area contributed by atoms with Crippen molar-refractivity contribution in [3.63, 3.8) is 0 Å². The van der Waals surface area contributed by atoms with Crippen LogP contribution in [0.5, 0.6) is 5.75 Å². The van der Waals surface area contributed by atoms with Gasteiger partial charge in [0.25, 0.3) is 5.91 Å². The number of hydrogen-bond donors (Lipinski definition) is 2. The van der Waals surface area contributed by atoms with Crippen molar-refractivity contribution in [1.29, 1.82) is 0 Å². The number of rotatable bonds is 8. The van der Waals surface area contributed by atoms with E-state index in [1.807, 2.05) is 44.2 Å². The van der Waals surface area contributed by atoms with Crippen LogP contribution in [0, 0.1) is 0 Å². The molecule has 1 heterocycles. The predicted molar refractivity (Wildman–Crippen MR) is 87.3 cm³/mol. The summed E-state index contributed by atoms with van der Waals surface area (Å²) in [6.07, 6.45) is 2.61. The lowest BCUT2D eigenvalue weighted by Crippen LogP contribution is -2.42. The van der Waals surface area contributed by atoms with Crippen molar-refractivity contribution in [2.24, 2.45) is 0 Å². The Bertz CT molecular complexity index is 617. The van der Waals surface area contributed by atoms with Gasteiger partial charge in [0.15, 0.2) is 5.76 Å². The summed E-state index contributed by atoms with van der Waals surface area (Å²) in [6.45, 7) is 4.22. The Balaban J connectivity index is 1.96. The first-order valence-electron chi connectivity index (χ1n) is 7.83. The van der Waals surface area contributed by atoms with Crippen LogP contribution in [0.15, 0.2) is 47.1 Å². The van der Waals surface area contributed by atoms with Gasteiger partial charge in [-0.3, -0.25) is 4.79 Å². The van der Waals surface area contributed by atoms with Gasteiger partial charge in [-0.05, 0) is 31.0 Å². The number of carbonyl (C=O) groups excluding carboxylic acids is 1. The summed E-state index contributed by atoms with van der Waals surface area (Å²) >= 11 is 0. The minimum atomic E-state index is -0.886. The van der Waals surface area contributed by atoms with E-state index < -0.39 is 5.60 Å². The molecule has 1 aromatic heterocycles. The Labute approximate surface area is 136 Å². The smallest absolute Gasteiger partial charge is 0.287 e. The predicted octanol–water partition coefficient (Wildman–Crippen LogP) is 3.14. The molecule has 1 amide bonds. The Morgan fingerprint density at radius 2 is 1.91 bits per heavy atom. The van der Waals surface area contributed by atoms with Gasteiger partial charge >= 0.3 is 0 Å². The van der Waals surface area contributed by atoms with Crippen LogP contribution in [-0.2, 0) is 6.61 Å². The van der Waals surface area contributed by atoms with Gasteiger partial charge in [0.1, 0.15) is 12.4 Å². The molecule has 2 N–H and O–H groups in total. The maximum Gasteiger partial charge on any atom is 0.287 e. The van der Waals surface area contributed by atoms with Gasteiger partial charge in [-0.25, -0.2) is 0 Å². The molecular formula is C18H23NO4. The summed E-state index contributed by atoms with van der Waals surface area (Å²) in [7, 11) is 0. The third-order valence-electron chi connectivity index (χ3n) is 3.98. The third kappa shape index (κ3) is 4.60. The van der Waals surface area contributed by atoms with Gasteiger partial charge in [0.05, 0.1) is 11.9 Å². The number of carbonyl (C=O) groups is 1. The zero-order valence-electron chi connectivity index (χ0n) is 13.5. The monoisotopic (exact) mass is 317 g/mol. The first-order valence-corrected chi connectivity index (χ1v) is 7.83. The second kappa shape index (κ2) is 7.83. The average molecular weight is 317 g/mol. The van der Waals surface area contributed by atoms with Gasteiger partial charge in [-0.15, -0.1) is 0 Å². The van der Waals surface area contributed by atoms with E-state index in [0.717, 1.165) is 5.75 Å². The molecule has 0 unspecified atom stereocenters. The topological polar surface area (TPSA) is 71.7 Å². The van der Waals surface area contributed by atoms with Crippen molar-refractivity contribution in [1.82, 2.24) is 5.32 Å². The molecule has 0 spiro atoms. The quantitative estimate of drug-likeness (QED) is 0.784. The minimum Gasteiger partial charge on any atom is -0.489 e. The number of para-hydroxylation sites is 1. The normalized spacial score (nSPS) is 11.3. The van der Waals surface area contributed by atoms with Crippen LogP contribution in [0.3, 0.4) is 0 Å². The number of amides is 1. The summed E-state index contributed by atoms with van der Waals surface area (Å²) < 4.78 is 10.9. The molecule has 1 aromatic carbocycles. The highest BCUT2D eigenvalue weighted by Crippen LogP contribution is 2.17. The molecule has 0 aliphatic rings. The lowest BCUT2D eigenvalue weighted by Gasteiger charge is -2.25. The summed E-state index contributed by atoms with van der Waals surface area (Å²) in [4.78, 5) is 12.2. The Hall–Kier alpha value is -2.27. The summed E-state index contributed by atoms with van der Waals surface area (Å²) in [5, 5.41) is 13.0. The van der Waals surface area contributed by atoms with E-state index >= 15 is 0 Å². The highest BCUT2D eigenvalue weighted by atomic mass is 16.5. The van der Waals surface area contributed by atoms with Crippen LogP contribution in [0.4, 0.5) is 0 Å². The van der Waals surface area contributed by atoms with E-state index in [9.17, 15) is 9.90 Å². The summed E-state index contributed by atoms with van der Waals surface area (Å²) in [5.74, 6) is 0.601. The molecule has 0 saturated carbocycles. The molecule has 0 aliphatic heterocycles. The van der Waals surface area contributed by atoms with Crippen molar-refractivity contribution in [3.05, 3.63) is 54.0 Å². The Morgan fingerprint density at radius 1 is 1.22 bits per heavy atom. The standard InChI is InChI=1S/C18H23NO4/c1-3-18(21,4-2)13-19-17(20)16-14(10-11-22-16)12-23-15-8-6-5-7-9-15/h5-11,21H,3-4,12-13H2,1-2H3,(H,19,20). The molecule has 0 atom stereocenters. The fraction of sp³-hybridized carbons (Fsp3) is 0.389. The molecule has 2 rings (SSSR count). The van der Waals surface area contributed by atoms with Gasteiger partial charge in [0, 0.05) is 12.1 Å². The Kier molecular flexibility index (Phi) is 5.82. The molecule has 5 nitrogen and oxygen atoms in total. The first kappa shape index (κ1) is 17.1. The molecule has 0 radical (unpaired) electrons. The van der Waals surface area contributed by atoms with Gasteiger partial charge in [-0.1, -0.05) is 32.0 Å². The lowest BCUT2D eigenvalue weighted by molar-refractivity contribution is 0.0309.